The lowest BCUT2D eigenvalue weighted by atomic mass is 9.90. The Labute approximate surface area is 81.2 Å². The van der Waals surface area contributed by atoms with Crippen LogP contribution in [0.3, 0.4) is 0 Å². The van der Waals surface area contributed by atoms with Gasteiger partial charge in [0.15, 0.2) is 0 Å². The zero-order chi connectivity index (χ0) is 9.26. The van der Waals surface area contributed by atoms with Gasteiger partial charge in [0.05, 0.1) is 6.10 Å². The van der Waals surface area contributed by atoms with Gasteiger partial charge in [0.2, 0.25) is 5.13 Å². The Kier molecular flexibility index (Phi) is 2.46. The van der Waals surface area contributed by atoms with Crippen molar-refractivity contribution in [3.63, 3.8) is 0 Å². The fraction of sp³-hybridized carbons (Fsp3) is 0.750. The Bertz CT molecular complexity index is 283. The lowest BCUT2D eigenvalue weighted by Crippen LogP contribution is -2.38. The molecular formula is C8H13N3OS. The Morgan fingerprint density at radius 1 is 1.62 bits per heavy atom. The number of nitrogens with one attached hydrogen (secondary N) is 1. The molecule has 1 aliphatic rings. The molecule has 0 atom stereocenters. The lowest BCUT2D eigenvalue weighted by molar-refractivity contribution is 0.0836. The van der Waals surface area contributed by atoms with Crippen LogP contribution in [0, 0.1) is 0 Å². The molecule has 0 spiro atoms. The Balaban J connectivity index is 1.87. The molecule has 0 bridgehead atoms. The highest BCUT2D eigenvalue weighted by molar-refractivity contribution is 7.09. The van der Waals surface area contributed by atoms with E-state index >= 15 is 0 Å². The largest absolute Gasteiger partial charge is 0.393 e. The molecule has 1 aromatic rings. The van der Waals surface area contributed by atoms with Crippen molar-refractivity contribution in [2.24, 2.45) is 0 Å². The summed E-state index contributed by atoms with van der Waals surface area (Å²) >= 11 is 1.40. The second-order valence-electron chi connectivity index (χ2n) is 3.34. The summed E-state index contributed by atoms with van der Waals surface area (Å²) in [5.41, 5.74) is 0. The molecule has 0 amide bonds. The molecule has 0 unspecified atom stereocenters. The van der Waals surface area contributed by atoms with E-state index in [2.05, 4.69) is 14.7 Å². The van der Waals surface area contributed by atoms with E-state index in [0.29, 0.717) is 6.04 Å². The number of aryl methyl sites for hydroxylation is 1. The highest BCUT2D eigenvalue weighted by atomic mass is 32.1. The minimum atomic E-state index is -0.115. The van der Waals surface area contributed by atoms with E-state index in [1.807, 2.05) is 6.92 Å². The van der Waals surface area contributed by atoms with E-state index in [4.69, 9.17) is 5.11 Å². The van der Waals surface area contributed by atoms with Crippen molar-refractivity contribution in [1.82, 2.24) is 9.36 Å². The molecule has 4 nitrogen and oxygen atoms in total. The second kappa shape index (κ2) is 3.59. The van der Waals surface area contributed by atoms with Crippen LogP contribution in [-0.2, 0) is 6.42 Å². The number of aliphatic hydroxyl groups excluding tert-OH is 1. The van der Waals surface area contributed by atoms with Crippen LogP contribution < -0.4 is 5.32 Å². The summed E-state index contributed by atoms with van der Waals surface area (Å²) in [5.74, 6) is 0.896. The summed E-state index contributed by atoms with van der Waals surface area (Å²) in [6.07, 6.45) is 2.43. The van der Waals surface area contributed by atoms with Crippen LogP contribution in [0.5, 0.6) is 0 Å². The monoisotopic (exact) mass is 199 g/mol. The number of nitrogens with zero attached hydrogens (tertiary/aromatic N) is 2. The topological polar surface area (TPSA) is 58.0 Å². The number of hydrogen-bond donors (Lipinski definition) is 2. The van der Waals surface area contributed by atoms with E-state index in [1.165, 1.54) is 11.5 Å². The van der Waals surface area contributed by atoms with Gasteiger partial charge in [-0.1, -0.05) is 6.92 Å². The first-order valence-electron chi connectivity index (χ1n) is 4.55. The van der Waals surface area contributed by atoms with Gasteiger partial charge in [-0.3, -0.25) is 0 Å². The van der Waals surface area contributed by atoms with E-state index in [1.54, 1.807) is 0 Å². The number of rotatable bonds is 3. The summed E-state index contributed by atoms with van der Waals surface area (Å²) < 4.78 is 4.17. The maximum Gasteiger partial charge on any atom is 0.202 e. The lowest BCUT2D eigenvalue weighted by Gasteiger charge is -2.31. The van der Waals surface area contributed by atoms with Crippen LogP contribution in [0.1, 0.15) is 25.6 Å². The SMILES string of the molecule is CCc1nsc(NC2CC(O)C2)n1. The van der Waals surface area contributed by atoms with Gasteiger partial charge in [-0.2, -0.15) is 4.37 Å². The summed E-state index contributed by atoms with van der Waals surface area (Å²) in [7, 11) is 0. The molecule has 72 valence electrons. The minimum Gasteiger partial charge on any atom is -0.393 e. The first kappa shape index (κ1) is 8.90. The van der Waals surface area contributed by atoms with Crippen molar-refractivity contribution in [2.75, 3.05) is 5.32 Å². The zero-order valence-corrected chi connectivity index (χ0v) is 8.34. The molecule has 1 saturated carbocycles. The Morgan fingerprint density at radius 3 is 2.92 bits per heavy atom. The Hall–Kier alpha value is -0.680. The second-order valence-corrected chi connectivity index (χ2v) is 4.09. The predicted octanol–water partition coefficient (Wildman–Crippen LogP) is 1.04. The molecule has 13 heavy (non-hydrogen) atoms. The Morgan fingerprint density at radius 2 is 2.38 bits per heavy atom. The van der Waals surface area contributed by atoms with Crippen molar-refractivity contribution in [2.45, 2.75) is 38.3 Å². The number of aromatic nitrogens is 2. The maximum atomic E-state index is 9.08. The third-order valence-corrected chi connectivity index (χ3v) is 2.91. The van der Waals surface area contributed by atoms with E-state index in [9.17, 15) is 0 Å². The van der Waals surface area contributed by atoms with Gasteiger partial charge in [0.25, 0.3) is 0 Å². The first-order valence-corrected chi connectivity index (χ1v) is 5.32. The summed E-state index contributed by atoms with van der Waals surface area (Å²) in [6, 6.07) is 0.396. The molecule has 0 saturated heterocycles. The molecule has 5 heteroatoms. The third-order valence-electron chi connectivity index (χ3n) is 2.23. The smallest absolute Gasteiger partial charge is 0.202 e. The zero-order valence-electron chi connectivity index (χ0n) is 7.53. The van der Waals surface area contributed by atoms with E-state index in [0.717, 1.165) is 30.2 Å². The highest BCUT2D eigenvalue weighted by Gasteiger charge is 2.27. The number of hydrogen-bond acceptors (Lipinski definition) is 5. The predicted molar refractivity (Wildman–Crippen MR) is 51.9 cm³/mol. The van der Waals surface area contributed by atoms with Crippen molar-refractivity contribution in [1.29, 1.82) is 0 Å². The molecule has 1 fully saturated rings. The molecule has 2 N–H and O–H groups in total. The van der Waals surface area contributed by atoms with Gasteiger partial charge in [0, 0.05) is 24.0 Å². The van der Waals surface area contributed by atoms with E-state index < -0.39 is 0 Å². The standard InChI is InChI=1S/C8H13N3OS/c1-2-7-10-8(13-11-7)9-5-3-6(12)4-5/h5-6,12H,2-4H2,1H3,(H,9,10,11). The fourth-order valence-electron chi connectivity index (χ4n) is 1.34. The van der Waals surface area contributed by atoms with Crippen LogP contribution >= 0.6 is 11.5 Å². The van der Waals surface area contributed by atoms with Crippen molar-refractivity contribution in [3.05, 3.63) is 5.82 Å². The van der Waals surface area contributed by atoms with Crippen molar-refractivity contribution >= 4 is 16.7 Å². The number of aliphatic hydroxyl groups is 1. The maximum absolute atomic E-state index is 9.08. The van der Waals surface area contributed by atoms with Gasteiger partial charge in [-0.25, -0.2) is 4.98 Å². The van der Waals surface area contributed by atoms with E-state index in [-0.39, 0.29) is 6.10 Å². The quantitative estimate of drug-likeness (QED) is 0.763. The van der Waals surface area contributed by atoms with Crippen molar-refractivity contribution in [3.8, 4) is 0 Å². The van der Waals surface area contributed by atoms with Gasteiger partial charge < -0.3 is 10.4 Å². The summed E-state index contributed by atoms with van der Waals surface area (Å²) in [6.45, 7) is 2.04. The average molecular weight is 199 g/mol. The third kappa shape index (κ3) is 1.97. The molecule has 2 rings (SSSR count). The molecule has 0 aliphatic heterocycles. The minimum absolute atomic E-state index is 0.115. The molecule has 0 radical (unpaired) electrons. The molecule has 1 aliphatic carbocycles. The van der Waals surface area contributed by atoms with Crippen LogP contribution in [0.4, 0.5) is 5.13 Å². The molecular weight excluding hydrogens is 186 g/mol. The highest BCUT2D eigenvalue weighted by Crippen LogP contribution is 2.24. The molecule has 1 heterocycles. The van der Waals surface area contributed by atoms with Crippen molar-refractivity contribution < 1.29 is 5.11 Å². The van der Waals surface area contributed by atoms with Crippen LogP contribution in [0.15, 0.2) is 0 Å². The summed E-state index contributed by atoms with van der Waals surface area (Å²) in [4.78, 5) is 4.29. The normalized spacial score (nSPS) is 26.9. The van der Waals surface area contributed by atoms with Gasteiger partial charge >= 0.3 is 0 Å². The first-order chi connectivity index (χ1) is 6.28. The summed E-state index contributed by atoms with van der Waals surface area (Å²) in [5, 5.41) is 13.2. The molecule has 1 aromatic heterocycles. The van der Waals surface area contributed by atoms with Gasteiger partial charge in [0.1, 0.15) is 5.82 Å². The fourth-order valence-corrected chi connectivity index (χ4v) is 2.06. The molecule has 0 aromatic carbocycles. The van der Waals surface area contributed by atoms with Gasteiger partial charge in [-0.05, 0) is 12.8 Å². The van der Waals surface area contributed by atoms with Crippen LogP contribution in [-0.4, -0.2) is 26.6 Å². The van der Waals surface area contributed by atoms with Crippen LogP contribution in [0.25, 0.3) is 0 Å². The number of anilines is 1. The van der Waals surface area contributed by atoms with Gasteiger partial charge in [-0.15, -0.1) is 0 Å². The average Bonchev–Trinajstić information content (AvgIpc) is 2.50. The van der Waals surface area contributed by atoms with Crippen LogP contribution in [0.2, 0.25) is 0 Å².